The summed E-state index contributed by atoms with van der Waals surface area (Å²) in [7, 11) is 0. The predicted molar refractivity (Wildman–Crippen MR) is 82.6 cm³/mol. The first-order valence-corrected chi connectivity index (χ1v) is 7.29. The maximum atomic E-state index is 9.73. The number of aliphatic hydroxyl groups is 1. The highest BCUT2D eigenvalue weighted by Crippen LogP contribution is 2.28. The van der Waals surface area contributed by atoms with Crippen LogP contribution >= 0.6 is 0 Å². The van der Waals surface area contributed by atoms with Gasteiger partial charge in [0.2, 0.25) is 0 Å². The minimum absolute atomic E-state index is 0.128. The average Bonchev–Trinajstić information content (AvgIpc) is 2.47. The standard InChI is InChI=1S/C16H21N3O/c17-14-6-7-15(16-13(14)5-2-8-18-16)19-10-11-3-1-4-12(20)9-11/h2,5-8,11-12,19-20H,1,3-4,9-10,17H2. The quantitative estimate of drug-likeness (QED) is 0.751. The molecular weight excluding hydrogens is 250 g/mol. The molecule has 20 heavy (non-hydrogen) atoms. The summed E-state index contributed by atoms with van der Waals surface area (Å²) in [5.74, 6) is 0.537. The van der Waals surface area contributed by atoms with Crippen LogP contribution in [0.3, 0.4) is 0 Å². The number of rotatable bonds is 3. The Bertz CT molecular complexity index is 599. The lowest BCUT2D eigenvalue weighted by atomic mass is 9.87. The van der Waals surface area contributed by atoms with Gasteiger partial charge in [-0.25, -0.2) is 0 Å². The third-order valence-corrected chi connectivity index (χ3v) is 4.14. The van der Waals surface area contributed by atoms with Crippen LogP contribution in [-0.4, -0.2) is 22.7 Å². The Labute approximate surface area is 119 Å². The molecule has 0 aliphatic heterocycles. The molecule has 2 unspecified atom stereocenters. The van der Waals surface area contributed by atoms with Gasteiger partial charge in [0, 0.05) is 23.8 Å². The highest BCUT2D eigenvalue weighted by Gasteiger charge is 2.20. The molecule has 1 saturated carbocycles. The number of anilines is 2. The highest BCUT2D eigenvalue weighted by atomic mass is 16.3. The van der Waals surface area contributed by atoms with Crippen molar-refractivity contribution < 1.29 is 5.11 Å². The fourth-order valence-corrected chi connectivity index (χ4v) is 3.04. The summed E-state index contributed by atoms with van der Waals surface area (Å²) < 4.78 is 0. The lowest BCUT2D eigenvalue weighted by Crippen LogP contribution is -2.25. The van der Waals surface area contributed by atoms with Crippen molar-refractivity contribution in [2.45, 2.75) is 31.8 Å². The number of aromatic nitrogens is 1. The van der Waals surface area contributed by atoms with E-state index in [9.17, 15) is 5.11 Å². The fourth-order valence-electron chi connectivity index (χ4n) is 3.04. The van der Waals surface area contributed by atoms with E-state index in [1.165, 1.54) is 6.42 Å². The van der Waals surface area contributed by atoms with Crippen LogP contribution in [0, 0.1) is 5.92 Å². The summed E-state index contributed by atoms with van der Waals surface area (Å²) in [4.78, 5) is 4.43. The number of nitrogen functional groups attached to an aromatic ring is 1. The molecule has 1 aromatic heterocycles. The molecule has 1 aliphatic rings. The molecule has 2 aromatic rings. The summed E-state index contributed by atoms with van der Waals surface area (Å²) in [5.41, 5.74) is 8.68. The summed E-state index contributed by atoms with van der Waals surface area (Å²) in [6.45, 7) is 0.882. The number of pyridine rings is 1. The molecule has 0 bridgehead atoms. The van der Waals surface area contributed by atoms with E-state index in [2.05, 4.69) is 10.3 Å². The molecule has 2 atom stereocenters. The molecule has 106 valence electrons. The molecule has 0 saturated heterocycles. The smallest absolute Gasteiger partial charge is 0.0953 e. The molecule has 1 heterocycles. The van der Waals surface area contributed by atoms with Crippen LogP contribution in [0.5, 0.6) is 0 Å². The van der Waals surface area contributed by atoms with Gasteiger partial charge in [-0.3, -0.25) is 4.98 Å². The predicted octanol–water partition coefficient (Wildman–Crippen LogP) is 2.78. The number of aliphatic hydroxyl groups excluding tert-OH is 1. The van der Waals surface area contributed by atoms with Crippen molar-refractivity contribution in [2.24, 2.45) is 5.92 Å². The van der Waals surface area contributed by atoms with E-state index in [0.29, 0.717) is 5.92 Å². The Hall–Kier alpha value is -1.81. The molecule has 4 heteroatoms. The summed E-state index contributed by atoms with van der Waals surface area (Å²) >= 11 is 0. The van der Waals surface area contributed by atoms with Crippen molar-refractivity contribution in [1.29, 1.82) is 0 Å². The first-order valence-electron chi connectivity index (χ1n) is 7.29. The van der Waals surface area contributed by atoms with Gasteiger partial charge < -0.3 is 16.2 Å². The number of benzene rings is 1. The third kappa shape index (κ3) is 2.70. The van der Waals surface area contributed by atoms with Crippen molar-refractivity contribution in [3.05, 3.63) is 30.5 Å². The molecule has 1 fully saturated rings. The van der Waals surface area contributed by atoms with Crippen LogP contribution in [0.2, 0.25) is 0 Å². The molecule has 0 radical (unpaired) electrons. The summed E-state index contributed by atoms with van der Waals surface area (Å²) in [6.07, 6.45) is 5.81. The Kier molecular flexibility index (Phi) is 3.74. The minimum atomic E-state index is -0.128. The van der Waals surface area contributed by atoms with Crippen LogP contribution in [0.15, 0.2) is 30.5 Å². The molecule has 1 aromatic carbocycles. The largest absolute Gasteiger partial charge is 0.398 e. The van der Waals surface area contributed by atoms with Crippen molar-refractivity contribution in [3.8, 4) is 0 Å². The Morgan fingerprint density at radius 3 is 3.05 bits per heavy atom. The van der Waals surface area contributed by atoms with Crippen LogP contribution in [-0.2, 0) is 0 Å². The van der Waals surface area contributed by atoms with Gasteiger partial charge in [0.05, 0.1) is 17.3 Å². The van der Waals surface area contributed by atoms with E-state index in [-0.39, 0.29) is 6.10 Å². The number of hydrogen-bond acceptors (Lipinski definition) is 4. The topological polar surface area (TPSA) is 71.2 Å². The lowest BCUT2D eigenvalue weighted by molar-refractivity contribution is 0.105. The first-order chi connectivity index (χ1) is 9.74. The second-order valence-corrected chi connectivity index (χ2v) is 5.67. The van der Waals surface area contributed by atoms with Gasteiger partial charge in [0.15, 0.2) is 0 Å². The summed E-state index contributed by atoms with van der Waals surface area (Å²) in [6, 6.07) is 7.80. The van der Waals surface area contributed by atoms with Gasteiger partial charge in [-0.2, -0.15) is 0 Å². The second kappa shape index (κ2) is 5.67. The SMILES string of the molecule is Nc1ccc(NCC2CCCC(O)C2)c2ncccc12. The molecular formula is C16H21N3O. The van der Waals surface area contributed by atoms with E-state index in [0.717, 1.165) is 48.1 Å². The normalized spacial score (nSPS) is 22.9. The Morgan fingerprint density at radius 1 is 1.30 bits per heavy atom. The number of fused-ring (bicyclic) bond motifs is 1. The molecule has 1 aliphatic carbocycles. The van der Waals surface area contributed by atoms with E-state index in [1.807, 2.05) is 24.3 Å². The van der Waals surface area contributed by atoms with Crippen LogP contribution in [0.25, 0.3) is 10.9 Å². The number of nitrogens with two attached hydrogens (primary N) is 1. The van der Waals surface area contributed by atoms with Crippen molar-refractivity contribution in [3.63, 3.8) is 0 Å². The van der Waals surface area contributed by atoms with E-state index >= 15 is 0 Å². The Balaban J connectivity index is 1.76. The second-order valence-electron chi connectivity index (χ2n) is 5.67. The van der Waals surface area contributed by atoms with E-state index in [4.69, 9.17) is 5.73 Å². The third-order valence-electron chi connectivity index (χ3n) is 4.14. The molecule has 0 amide bonds. The van der Waals surface area contributed by atoms with E-state index in [1.54, 1.807) is 6.20 Å². The fraction of sp³-hybridized carbons (Fsp3) is 0.438. The van der Waals surface area contributed by atoms with Crippen molar-refractivity contribution >= 4 is 22.3 Å². The Morgan fingerprint density at radius 2 is 2.20 bits per heavy atom. The lowest BCUT2D eigenvalue weighted by Gasteiger charge is -2.26. The van der Waals surface area contributed by atoms with Gasteiger partial charge in [-0.05, 0) is 49.4 Å². The molecule has 4 nitrogen and oxygen atoms in total. The van der Waals surface area contributed by atoms with Crippen molar-refractivity contribution in [1.82, 2.24) is 4.98 Å². The first kappa shape index (κ1) is 13.2. The monoisotopic (exact) mass is 271 g/mol. The van der Waals surface area contributed by atoms with Crippen LogP contribution in [0.1, 0.15) is 25.7 Å². The van der Waals surface area contributed by atoms with Gasteiger partial charge in [-0.1, -0.05) is 6.42 Å². The number of nitrogens with one attached hydrogen (secondary N) is 1. The van der Waals surface area contributed by atoms with Crippen molar-refractivity contribution in [2.75, 3.05) is 17.6 Å². The van der Waals surface area contributed by atoms with Gasteiger partial charge >= 0.3 is 0 Å². The number of nitrogens with zero attached hydrogens (tertiary/aromatic N) is 1. The maximum absolute atomic E-state index is 9.73. The molecule has 4 N–H and O–H groups in total. The summed E-state index contributed by atoms with van der Waals surface area (Å²) in [5, 5.41) is 14.2. The van der Waals surface area contributed by atoms with Crippen LogP contribution < -0.4 is 11.1 Å². The number of hydrogen-bond donors (Lipinski definition) is 3. The zero-order valence-corrected chi connectivity index (χ0v) is 11.5. The van der Waals surface area contributed by atoms with Crippen LogP contribution in [0.4, 0.5) is 11.4 Å². The molecule has 3 rings (SSSR count). The average molecular weight is 271 g/mol. The van der Waals surface area contributed by atoms with Gasteiger partial charge in [-0.15, -0.1) is 0 Å². The van der Waals surface area contributed by atoms with E-state index < -0.39 is 0 Å². The zero-order chi connectivity index (χ0) is 13.9. The zero-order valence-electron chi connectivity index (χ0n) is 11.5. The molecule has 0 spiro atoms. The maximum Gasteiger partial charge on any atom is 0.0953 e. The minimum Gasteiger partial charge on any atom is -0.398 e. The van der Waals surface area contributed by atoms with Gasteiger partial charge in [0.1, 0.15) is 0 Å². The highest BCUT2D eigenvalue weighted by molar-refractivity contribution is 5.98. The van der Waals surface area contributed by atoms with Gasteiger partial charge in [0.25, 0.3) is 0 Å².